The number of rotatable bonds is 3. The first kappa shape index (κ1) is 10.9. The molecule has 0 radical (unpaired) electrons. The van der Waals surface area contributed by atoms with Crippen molar-refractivity contribution in [3.05, 3.63) is 18.6 Å². The molecular weight excluding hydrogens is 252 g/mol. The number of hydrazine groups is 1. The Morgan fingerprint density at radius 1 is 1.25 bits per heavy atom. The number of aromatic nitrogens is 3. The second-order valence-corrected chi connectivity index (χ2v) is 6.44. The van der Waals surface area contributed by atoms with Crippen LogP contribution in [-0.2, 0) is 0 Å². The van der Waals surface area contributed by atoms with E-state index in [0.717, 1.165) is 35.1 Å². The lowest BCUT2D eigenvalue weighted by atomic mass is 10.0. The minimum absolute atomic E-state index is 0.599. The number of hydrogen-bond donors (Lipinski definition) is 3. The lowest BCUT2D eigenvalue weighted by Gasteiger charge is -2.13. The fourth-order valence-corrected chi connectivity index (χ4v) is 4.77. The van der Waals surface area contributed by atoms with Gasteiger partial charge in [-0.2, -0.15) is 0 Å². The van der Waals surface area contributed by atoms with E-state index in [1.54, 1.807) is 6.20 Å². The molecule has 3 aliphatic rings. The SMILES string of the molecule is NNc1cn2ccnc2c(NC2C3C4CCC(C4)C23)n1. The van der Waals surface area contributed by atoms with Crippen LogP contribution in [-0.4, -0.2) is 20.4 Å². The molecule has 4 N–H and O–H groups in total. The molecule has 0 spiro atoms. The molecule has 5 rings (SSSR count). The molecule has 6 heteroatoms. The van der Waals surface area contributed by atoms with Crippen molar-refractivity contribution >= 4 is 17.3 Å². The van der Waals surface area contributed by atoms with Gasteiger partial charge in [0.1, 0.15) is 0 Å². The maximum Gasteiger partial charge on any atom is 0.180 e. The number of nitrogen functional groups attached to an aromatic ring is 1. The summed E-state index contributed by atoms with van der Waals surface area (Å²) in [6, 6.07) is 0.599. The largest absolute Gasteiger partial charge is 0.364 e. The summed E-state index contributed by atoms with van der Waals surface area (Å²) in [5, 5.41) is 3.63. The van der Waals surface area contributed by atoms with E-state index in [0.29, 0.717) is 11.9 Å². The Morgan fingerprint density at radius 3 is 2.80 bits per heavy atom. The molecule has 0 aromatic carbocycles. The van der Waals surface area contributed by atoms with Gasteiger partial charge in [-0.3, -0.25) is 0 Å². The van der Waals surface area contributed by atoms with Crippen LogP contribution in [0.1, 0.15) is 19.3 Å². The summed E-state index contributed by atoms with van der Waals surface area (Å²) < 4.78 is 1.96. The van der Waals surface area contributed by atoms with Crippen LogP contribution >= 0.6 is 0 Å². The number of anilines is 2. The number of fused-ring (bicyclic) bond motifs is 6. The number of nitrogens with zero attached hydrogens (tertiary/aromatic N) is 3. The Hall–Kier alpha value is -1.82. The van der Waals surface area contributed by atoms with E-state index < -0.39 is 0 Å². The van der Waals surface area contributed by atoms with E-state index in [9.17, 15) is 0 Å². The van der Waals surface area contributed by atoms with Crippen molar-refractivity contribution in [3.63, 3.8) is 0 Å². The lowest BCUT2D eigenvalue weighted by molar-refractivity contribution is 0.456. The highest BCUT2D eigenvalue weighted by molar-refractivity contribution is 5.66. The highest BCUT2D eigenvalue weighted by Gasteiger charge is 2.65. The molecule has 2 aromatic rings. The smallest absolute Gasteiger partial charge is 0.180 e. The number of hydrogen-bond acceptors (Lipinski definition) is 5. The fraction of sp³-hybridized carbons (Fsp3) is 0.571. The van der Waals surface area contributed by atoms with Crippen LogP contribution in [0.25, 0.3) is 5.65 Å². The highest BCUT2D eigenvalue weighted by Crippen LogP contribution is 2.66. The molecule has 4 atom stereocenters. The van der Waals surface area contributed by atoms with E-state index in [-0.39, 0.29) is 0 Å². The third-order valence-electron chi connectivity index (χ3n) is 5.56. The van der Waals surface area contributed by atoms with Crippen molar-refractivity contribution in [3.8, 4) is 0 Å². The topological polar surface area (TPSA) is 80.3 Å². The first-order chi connectivity index (χ1) is 9.85. The molecule has 2 aromatic heterocycles. The first-order valence-corrected chi connectivity index (χ1v) is 7.42. The third kappa shape index (κ3) is 1.32. The van der Waals surface area contributed by atoms with Gasteiger partial charge in [0.25, 0.3) is 0 Å². The van der Waals surface area contributed by atoms with Crippen molar-refractivity contribution in [2.45, 2.75) is 25.3 Å². The van der Waals surface area contributed by atoms with E-state index in [1.165, 1.54) is 19.3 Å². The summed E-state index contributed by atoms with van der Waals surface area (Å²) in [5.74, 6) is 10.7. The van der Waals surface area contributed by atoms with Crippen molar-refractivity contribution < 1.29 is 0 Å². The number of imidazole rings is 1. The maximum absolute atomic E-state index is 5.50. The van der Waals surface area contributed by atoms with E-state index in [2.05, 4.69) is 20.7 Å². The minimum Gasteiger partial charge on any atom is -0.364 e. The van der Waals surface area contributed by atoms with Crippen LogP contribution in [0.3, 0.4) is 0 Å². The van der Waals surface area contributed by atoms with Crippen LogP contribution in [0.2, 0.25) is 0 Å². The predicted molar refractivity (Wildman–Crippen MR) is 76.0 cm³/mol. The molecule has 3 fully saturated rings. The molecule has 6 nitrogen and oxygen atoms in total. The Bertz CT molecular complexity index is 663. The standard InChI is InChI=1S/C14H18N6/c15-19-9-6-20-4-3-16-14(20)13(17-9)18-12-10-7-1-2-8(5-7)11(10)12/h3-4,6-8,10-12,19H,1-2,5,15H2,(H,17,18). The molecule has 4 unspecified atom stereocenters. The summed E-state index contributed by atoms with van der Waals surface area (Å²) in [6.07, 6.45) is 9.89. The zero-order chi connectivity index (χ0) is 13.3. The predicted octanol–water partition coefficient (Wildman–Crippen LogP) is 1.47. The quantitative estimate of drug-likeness (QED) is 0.581. The summed E-state index contributed by atoms with van der Waals surface area (Å²) in [4.78, 5) is 8.93. The average molecular weight is 270 g/mol. The highest BCUT2D eigenvalue weighted by atomic mass is 15.3. The summed E-state index contributed by atoms with van der Waals surface area (Å²) >= 11 is 0. The van der Waals surface area contributed by atoms with Crippen molar-refractivity contribution in [2.75, 3.05) is 10.7 Å². The van der Waals surface area contributed by atoms with E-state index in [4.69, 9.17) is 5.84 Å². The van der Waals surface area contributed by atoms with Crippen LogP contribution in [0.15, 0.2) is 18.6 Å². The van der Waals surface area contributed by atoms with Crippen molar-refractivity contribution in [1.29, 1.82) is 0 Å². The lowest BCUT2D eigenvalue weighted by Crippen LogP contribution is -2.16. The van der Waals surface area contributed by atoms with Gasteiger partial charge in [-0.25, -0.2) is 15.8 Å². The van der Waals surface area contributed by atoms with Gasteiger partial charge in [0, 0.05) is 18.4 Å². The second kappa shape index (κ2) is 3.63. The minimum atomic E-state index is 0.599. The first-order valence-electron chi connectivity index (χ1n) is 7.42. The Balaban J connectivity index is 1.48. The van der Waals surface area contributed by atoms with Crippen LogP contribution in [0.4, 0.5) is 11.6 Å². The zero-order valence-corrected chi connectivity index (χ0v) is 11.2. The van der Waals surface area contributed by atoms with Gasteiger partial charge in [0.2, 0.25) is 0 Å². The maximum atomic E-state index is 5.50. The second-order valence-electron chi connectivity index (χ2n) is 6.44. The zero-order valence-electron chi connectivity index (χ0n) is 11.2. The Morgan fingerprint density at radius 2 is 2.05 bits per heavy atom. The van der Waals surface area contributed by atoms with Gasteiger partial charge in [0.15, 0.2) is 17.3 Å². The molecule has 0 aliphatic heterocycles. The average Bonchev–Trinajstić information content (AvgIpc) is 2.92. The van der Waals surface area contributed by atoms with E-state index >= 15 is 0 Å². The van der Waals surface area contributed by atoms with E-state index in [1.807, 2.05) is 16.8 Å². The molecule has 2 bridgehead atoms. The van der Waals surface area contributed by atoms with Crippen LogP contribution in [0.5, 0.6) is 0 Å². The molecular formula is C14H18N6. The summed E-state index contributed by atoms with van der Waals surface area (Å²) in [7, 11) is 0. The van der Waals surface area contributed by atoms with Gasteiger partial charge in [-0.1, -0.05) is 0 Å². The molecule has 104 valence electrons. The normalized spacial score (nSPS) is 37.1. The Labute approximate surface area is 116 Å². The summed E-state index contributed by atoms with van der Waals surface area (Å²) in [6.45, 7) is 0. The van der Waals surface area contributed by atoms with Gasteiger partial charge in [-0.15, -0.1) is 0 Å². The third-order valence-corrected chi connectivity index (χ3v) is 5.56. The summed E-state index contributed by atoms with van der Waals surface area (Å²) in [5.41, 5.74) is 3.50. The molecule has 2 heterocycles. The van der Waals surface area contributed by atoms with Gasteiger partial charge < -0.3 is 15.1 Å². The monoisotopic (exact) mass is 270 g/mol. The number of nitrogens with one attached hydrogen (secondary N) is 2. The van der Waals surface area contributed by atoms with Crippen LogP contribution < -0.4 is 16.6 Å². The van der Waals surface area contributed by atoms with Crippen molar-refractivity contribution in [2.24, 2.45) is 29.5 Å². The molecule has 3 aliphatic carbocycles. The molecule has 0 amide bonds. The molecule has 0 saturated heterocycles. The van der Waals surface area contributed by atoms with Gasteiger partial charge >= 0.3 is 0 Å². The van der Waals surface area contributed by atoms with Crippen molar-refractivity contribution in [1.82, 2.24) is 14.4 Å². The number of nitrogens with two attached hydrogens (primary N) is 1. The van der Waals surface area contributed by atoms with Gasteiger partial charge in [0.05, 0.1) is 6.20 Å². The van der Waals surface area contributed by atoms with Crippen LogP contribution in [0, 0.1) is 23.7 Å². The fourth-order valence-electron chi connectivity index (χ4n) is 4.77. The Kier molecular flexibility index (Phi) is 1.98. The van der Waals surface area contributed by atoms with Gasteiger partial charge in [-0.05, 0) is 42.9 Å². The molecule has 20 heavy (non-hydrogen) atoms. The molecule has 3 saturated carbocycles.